The van der Waals surface area contributed by atoms with Crippen molar-refractivity contribution in [1.82, 2.24) is 14.8 Å². The second-order valence-corrected chi connectivity index (χ2v) is 8.47. The highest BCUT2D eigenvalue weighted by Crippen LogP contribution is 2.38. The van der Waals surface area contributed by atoms with Crippen molar-refractivity contribution in [3.05, 3.63) is 53.9 Å². The highest BCUT2D eigenvalue weighted by Gasteiger charge is 2.33. The maximum Gasteiger partial charge on any atom is 0.231 e. The Kier molecular flexibility index (Phi) is 5.22. The summed E-state index contributed by atoms with van der Waals surface area (Å²) in [6.45, 7) is 2.74. The van der Waals surface area contributed by atoms with Gasteiger partial charge >= 0.3 is 0 Å². The first-order valence-electron chi connectivity index (χ1n) is 11.2. The normalized spacial score (nSPS) is 16.4. The quantitative estimate of drug-likeness (QED) is 0.620. The first-order chi connectivity index (χ1) is 15.2. The van der Waals surface area contributed by atoms with Gasteiger partial charge in [-0.15, -0.1) is 0 Å². The van der Waals surface area contributed by atoms with Crippen LogP contribution >= 0.6 is 0 Å². The summed E-state index contributed by atoms with van der Waals surface area (Å²) in [5, 5.41) is 4.98. The zero-order valence-electron chi connectivity index (χ0n) is 18.2. The third-order valence-corrected chi connectivity index (χ3v) is 6.66. The summed E-state index contributed by atoms with van der Waals surface area (Å²) in [6.07, 6.45) is 8.06. The van der Waals surface area contributed by atoms with E-state index in [1.54, 1.807) is 13.3 Å². The van der Waals surface area contributed by atoms with Crippen molar-refractivity contribution in [2.24, 2.45) is 5.92 Å². The smallest absolute Gasteiger partial charge is 0.231 e. The molecule has 2 aliphatic rings. The Morgan fingerprint density at radius 1 is 1.10 bits per heavy atom. The molecule has 0 bridgehead atoms. The number of hydrogen-bond donors (Lipinski definition) is 0. The van der Waals surface area contributed by atoms with Gasteiger partial charge < -0.3 is 4.74 Å². The van der Waals surface area contributed by atoms with Gasteiger partial charge in [-0.2, -0.15) is 5.10 Å². The number of carbonyl (C=O) groups is 1. The molecule has 0 saturated heterocycles. The molecule has 1 aromatic carbocycles. The van der Waals surface area contributed by atoms with Crippen molar-refractivity contribution in [3.63, 3.8) is 0 Å². The molecule has 0 spiro atoms. The number of rotatable bonds is 3. The van der Waals surface area contributed by atoms with Crippen molar-refractivity contribution in [2.45, 2.75) is 45.4 Å². The van der Waals surface area contributed by atoms with Crippen LogP contribution in [0, 0.1) is 12.8 Å². The number of aromatic nitrogens is 3. The first kappa shape index (κ1) is 19.8. The molecule has 1 saturated carbocycles. The van der Waals surface area contributed by atoms with E-state index >= 15 is 0 Å². The lowest BCUT2D eigenvalue weighted by Crippen LogP contribution is -2.38. The fraction of sp³-hybridized carbons (Fsp3) is 0.400. The van der Waals surface area contributed by atoms with Crippen LogP contribution < -0.4 is 9.64 Å². The zero-order chi connectivity index (χ0) is 21.4. The van der Waals surface area contributed by atoms with E-state index < -0.39 is 0 Å². The first-order valence-corrected chi connectivity index (χ1v) is 11.2. The number of ether oxygens (including phenoxy) is 1. The molecule has 1 amide bonds. The maximum absolute atomic E-state index is 13.4. The number of anilines is 1. The van der Waals surface area contributed by atoms with E-state index in [2.05, 4.69) is 11.9 Å². The average molecular weight is 417 g/mol. The van der Waals surface area contributed by atoms with Gasteiger partial charge in [-0.3, -0.25) is 9.69 Å². The van der Waals surface area contributed by atoms with Gasteiger partial charge in [0.25, 0.3) is 0 Å². The van der Waals surface area contributed by atoms with Gasteiger partial charge in [0.2, 0.25) is 5.91 Å². The highest BCUT2D eigenvalue weighted by atomic mass is 16.5. The van der Waals surface area contributed by atoms with Crippen LogP contribution in [0.25, 0.3) is 16.9 Å². The predicted molar refractivity (Wildman–Crippen MR) is 121 cm³/mol. The molecule has 1 aliphatic carbocycles. The third kappa shape index (κ3) is 3.50. The number of methoxy groups -OCH3 is 1. The van der Waals surface area contributed by atoms with Gasteiger partial charge in [-0.05, 0) is 62.6 Å². The number of amides is 1. The van der Waals surface area contributed by atoms with E-state index in [-0.39, 0.29) is 11.8 Å². The second-order valence-electron chi connectivity index (χ2n) is 8.47. The van der Waals surface area contributed by atoms with Gasteiger partial charge in [0.05, 0.1) is 18.5 Å². The molecule has 1 aliphatic heterocycles. The number of carbonyl (C=O) groups excluding carboxylic acids is 1. The summed E-state index contributed by atoms with van der Waals surface area (Å²) >= 11 is 0. The minimum absolute atomic E-state index is 0.120. The van der Waals surface area contributed by atoms with E-state index in [1.807, 2.05) is 46.0 Å². The highest BCUT2D eigenvalue weighted by molar-refractivity contribution is 5.98. The summed E-state index contributed by atoms with van der Waals surface area (Å²) in [7, 11) is 1.67. The van der Waals surface area contributed by atoms with Crippen LogP contribution in [0.2, 0.25) is 0 Å². The van der Waals surface area contributed by atoms with Crippen LogP contribution in [-0.2, 0) is 11.2 Å². The van der Waals surface area contributed by atoms with Gasteiger partial charge in [0, 0.05) is 35.5 Å². The number of fused-ring (bicyclic) bond motifs is 3. The molecule has 0 radical (unpaired) electrons. The predicted octanol–water partition coefficient (Wildman–Crippen LogP) is 4.72. The number of nitrogens with zero attached hydrogens (tertiary/aromatic N) is 4. The van der Waals surface area contributed by atoms with Crippen LogP contribution in [0.5, 0.6) is 5.75 Å². The summed E-state index contributed by atoms with van der Waals surface area (Å²) in [6, 6.07) is 11.9. The van der Waals surface area contributed by atoms with Crippen LogP contribution in [0.3, 0.4) is 0 Å². The second kappa shape index (κ2) is 8.17. The van der Waals surface area contributed by atoms with Crippen LogP contribution in [0.15, 0.2) is 42.6 Å². The summed E-state index contributed by atoms with van der Waals surface area (Å²) < 4.78 is 7.27. The molecule has 5 rings (SSSR count). The van der Waals surface area contributed by atoms with Crippen molar-refractivity contribution in [1.29, 1.82) is 0 Å². The van der Waals surface area contributed by atoms with Crippen molar-refractivity contribution >= 4 is 11.7 Å². The minimum atomic E-state index is 0.120. The average Bonchev–Trinajstić information content (AvgIpc) is 3.06. The van der Waals surface area contributed by atoms with Crippen molar-refractivity contribution in [3.8, 4) is 22.7 Å². The van der Waals surface area contributed by atoms with Crippen molar-refractivity contribution in [2.75, 3.05) is 18.6 Å². The lowest BCUT2D eigenvalue weighted by molar-refractivity contribution is -0.123. The Hall–Kier alpha value is -3.15. The zero-order valence-corrected chi connectivity index (χ0v) is 18.2. The van der Waals surface area contributed by atoms with Gasteiger partial charge in [-0.1, -0.05) is 19.3 Å². The molecule has 0 N–H and O–H groups in total. The van der Waals surface area contributed by atoms with E-state index in [0.717, 1.165) is 66.3 Å². The minimum Gasteiger partial charge on any atom is -0.497 e. The molecular formula is C25H28N4O2. The molecule has 1 fully saturated rings. The Morgan fingerprint density at radius 3 is 2.61 bits per heavy atom. The fourth-order valence-corrected chi connectivity index (χ4v) is 4.94. The number of pyridine rings is 1. The van der Waals surface area contributed by atoms with E-state index in [9.17, 15) is 4.79 Å². The van der Waals surface area contributed by atoms with E-state index in [4.69, 9.17) is 9.84 Å². The summed E-state index contributed by atoms with van der Waals surface area (Å²) in [5.74, 6) is 1.91. The molecule has 160 valence electrons. The van der Waals surface area contributed by atoms with Crippen LogP contribution in [0.4, 0.5) is 5.82 Å². The molecular weight excluding hydrogens is 388 g/mol. The summed E-state index contributed by atoms with van der Waals surface area (Å²) in [5.41, 5.74) is 5.14. The maximum atomic E-state index is 13.4. The van der Waals surface area contributed by atoms with Crippen molar-refractivity contribution < 1.29 is 9.53 Å². The van der Waals surface area contributed by atoms with Crippen LogP contribution in [0.1, 0.15) is 43.4 Å². The SMILES string of the molecule is COc1ccc(-n2nc3c(c2C)CCN(C(=O)C2CCCCC2)c2ncccc2-3)cc1. The molecule has 3 aromatic rings. The van der Waals surface area contributed by atoms with Crippen LogP contribution in [-0.4, -0.2) is 34.3 Å². The third-order valence-electron chi connectivity index (χ3n) is 6.66. The van der Waals surface area contributed by atoms with E-state index in [1.165, 1.54) is 12.0 Å². The Morgan fingerprint density at radius 2 is 1.87 bits per heavy atom. The standard InChI is InChI=1S/C25H28N4O2/c1-17-21-14-16-28(25(30)18-7-4-3-5-8-18)24-22(9-6-15-26-24)23(21)27-29(17)19-10-12-20(31-2)13-11-19/h6,9-13,15,18H,3-5,7-8,14,16H2,1-2H3. The number of benzene rings is 1. The van der Waals surface area contributed by atoms with Gasteiger partial charge in [-0.25, -0.2) is 9.67 Å². The lowest BCUT2D eigenvalue weighted by Gasteiger charge is -2.28. The topological polar surface area (TPSA) is 60.2 Å². The summed E-state index contributed by atoms with van der Waals surface area (Å²) in [4.78, 5) is 20.0. The lowest BCUT2D eigenvalue weighted by atomic mass is 9.88. The monoisotopic (exact) mass is 416 g/mol. The molecule has 6 heteroatoms. The molecule has 31 heavy (non-hydrogen) atoms. The Bertz CT molecular complexity index is 1100. The molecule has 0 unspecified atom stereocenters. The van der Waals surface area contributed by atoms with E-state index in [0.29, 0.717) is 6.54 Å². The molecule has 3 heterocycles. The molecule has 6 nitrogen and oxygen atoms in total. The fourth-order valence-electron chi connectivity index (χ4n) is 4.94. The Labute approximate surface area is 182 Å². The molecule has 0 atom stereocenters. The van der Waals surface area contributed by atoms with Gasteiger partial charge in [0.15, 0.2) is 0 Å². The van der Waals surface area contributed by atoms with Gasteiger partial charge in [0.1, 0.15) is 11.6 Å². The Balaban J connectivity index is 1.55. The molecule has 2 aromatic heterocycles. The number of hydrogen-bond acceptors (Lipinski definition) is 4. The largest absolute Gasteiger partial charge is 0.497 e.